The molecule has 2 aliphatic heterocycles. The molecule has 0 radical (unpaired) electrons. The number of hydrogen-bond donors (Lipinski definition) is 1. The second-order valence-electron chi connectivity index (χ2n) is 8.78. The van der Waals surface area contributed by atoms with Gasteiger partial charge in [0.05, 0.1) is 10.6 Å². The molecule has 0 aromatic heterocycles. The number of imide groups is 1. The minimum absolute atomic E-state index is 0.0245. The minimum atomic E-state index is -3.73. The van der Waals surface area contributed by atoms with E-state index in [0.29, 0.717) is 18.8 Å². The van der Waals surface area contributed by atoms with E-state index in [1.807, 2.05) is 25.1 Å². The van der Waals surface area contributed by atoms with Crippen molar-refractivity contribution >= 4 is 33.4 Å². The summed E-state index contributed by atoms with van der Waals surface area (Å²) < 4.78 is 33.8. The first-order valence-electron chi connectivity index (χ1n) is 11.8. The molecule has 4 rings (SSSR count). The number of nitrogens with zero attached hydrogens (tertiary/aromatic N) is 2. The maximum atomic E-state index is 13.2. The average Bonchev–Trinajstić information content (AvgIpc) is 3.16. The lowest BCUT2D eigenvalue weighted by atomic mass is 10.2. The van der Waals surface area contributed by atoms with E-state index in [4.69, 9.17) is 4.74 Å². The van der Waals surface area contributed by atoms with E-state index in [-0.39, 0.29) is 54.0 Å². The van der Waals surface area contributed by atoms with E-state index in [0.717, 1.165) is 29.7 Å². The summed E-state index contributed by atoms with van der Waals surface area (Å²) in [7, 11) is -3.73. The zero-order valence-electron chi connectivity index (χ0n) is 19.7. The van der Waals surface area contributed by atoms with Crippen LogP contribution in [0.25, 0.3) is 0 Å². The summed E-state index contributed by atoms with van der Waals surface area (Å²) >= 11 is 0. The lowest BCUT2D eigenvalue weighted by Gasteiger charge is -2.26. The summed E-state index contributed by atoms with van der Waals surface area (Å²) in [5.41, 5.74) is 1.19. The number of benzene rings is 2. The fourth-order valence-corrected chi connectivity index (χ4v) is 5.76. The van der Waals surface area contributed by atoms with E-state index >= 15 is 0 Å². The van der Waals surface area contributed by atoms with Crippen molar-refractivity contribution in [2.75, 3.05) is 25.0 Å². The van der Waals surface area contributed by atoms with Gasteiger partial charge in [0.15, 0.2) is 5.75 Å². The fourth-order valence-electron chi connectivity index (χ4n) is 4.21. The molecule has 35 heavy (non-hydrogen) atoms. The number of anilines is 1. The minimum Gasteiger partial charge on any atom is -0.455 e. The molecule has 0 saturated carbocycles. The second kappa shape index (κ2) is 10.6. The lowest BCUT2D eigenvalue weighted by Crippen LogP contribution is -2.35. The average molecular weight is 500 g/mol. The Bertz CT molecular complexity index is 1220. The molecule has 9 nitrogen and oxygen atoms in total. The van der Waals surface area contributed by atoms with Crippen LogP contribution in [-0.4, -0.2) is 55.0 Å². The van der Waals surface area contributed by atoms with E-state index in [1.54, 1.807) is 6.07 Å². The van der Waals surface area contributed by atoms with Gasteiger partial charge in [-0.1, -0.05) is 18.6 Å². The Labute approximate surface area is 205 Å². The number of likely N-dealkylation sites (tertiary alicyclic amines) is 1. The second-order valence-corrected chi connectivity index (χ2v) is 10.7. The summed E-state index contributed by atoms with van der Waals surface area (Å²) in [6.07, 6.45) is 2.83. The van der Waals surface area contributed by atoms with Crippen LogP contribution in [0.2, 0.25) is 0 Å². The van der Waals surface area contributed by atoms with Crippen molar-refractivity contribution in [2.24, 2.45) is 0 Å². The zero-order valence-corrected chi connectivity index (χ0v) is 20.5. The Morgan fingerprint density at radius 1 is 1.00 bits per heavy atom. The van der Waals surface area contributed by atoms with Gasteiger partial charge in [-0.3, -0.25) is 19.3 Å². The number of carbonyl (C=O) groups excluding carboxylic acids is 3. The third-order valence-electron chi connectivity index (χ3n) is 6.11. The van der Waals surface area contributed by atoms with Crippen molar-refractivity contribution in [3.8, 4) is 11.5 Å². The van der Waals surface area contributed by atoms with E-state index in [1.165, 1.54) is 22.5 Å². The predicted octanol–water partition coefficient (Wildman–Crippen LogP) is 3.44. The van der Waals surface area contributed by atoms with Crippen LogP contribution in [0.4, 0.5) is 5.69 Å². The summed E-state index contributed by atoms with van der Waals surface area (Å²) in [6.45, 7) is 2.82. The Hall–Kier alpha value is -3.24. The number of hydrogen-bond acceptors (Lipinski definition) is 6. The first-order valence-corrected chi connectivity index (χ1v) is 13.2. The van der Waals surface area contributed by atoms with Crippen LogP contribution >= 0.6 is 0 Å². The van der Waals surface area contributed by atoms with Gasteiger partial charge in [-0.25, -0.2) is 8.42 Å². The molecule has 2 heterocycles. The van der Waals surface area contributed by atoms with Gasteiger partial charge in [-0.2, -0.15) is 4.31 Å². The molecule has 1 N–H and O–H groups in total. The van der Waals surface area contributed by atoms with Crippen LogP contribution in [-0.2, 0) is 24.4 Å². The molecule has 2 aliphatic rings. The van der Waals surface area contributed by atoms with Crippen LogP contribution < -0.4 is 10.1 Å². The number of sulfonamides is 1. The number of piperidine rings is 1. The molecule has 0 atom stereocenters. The third kappa shape index (κ3) is 5.88. The topological polar surface area (TPSA) is 113 Å². The number of aryl methyl sites for hydroxylation is 1. The number of rotatable bonds is 8. The van der Waals surface area contributed by atoms with Gasteiger partial charge in [0.25, 0.3) is 0 Å². The molecule has 0 unspecified atom stereocenters. The van der Waals surface area contributed by atoms with Gasteiger partial charge >= 0.3 is 0 Å². The molecule has 0 spiro atoms. The number of nitrogens with one attached hydrogen (secondary N) is 1. The highest BCUT2D eigenvalue weighted by molar-refractivity contribution is 7.89. The van der Waals surface area contributed by atoms with Gasteiger partial charge in [0, 0.05) is 38.9 Å². The van der Waals surface area contributed by atoms with Gasteiger partial charge in [-0.05, 0) is 55.7 Å². The van der Waals surface area contributed by atoms with Crippen molar-refractivity contribution in [2.45, 2.75) is 50.3 Å². The summed E-state index contributed by atoms with van der Waals surface area (Å²) in [6, 6.07) is 11.8. The zero-order chi connectivity index (χ0) is 25.0. The van der Waals surface area contributed by atoms with Crippen molar-refractivity contribution < 1.29 is 27.5 Å². The fraction of sp³-hybridized carbons (Fsp3) is 0.400. The molecule has 2 aromatic carbocycles. The van der Waals surface area contributed by atoms with Crippen LogP contribution in [0.5, 0.6) is 11.5 Å². The summed E-state index contributed by atoms with van der Waals surface area (Å²) in [5.74, 6) is -0.212. The Kier molecular flexibility index (Phi) is 7.51. The molecular weight excluding hydrogens is 470 g/mol. The third-order valence-corrected chi connectivity index (χ3v) is 8.01. The molecule has 2 aromatic rings. The Morgan fingerprint density at radius 3 is 2.40 bits per heavy atom. The van der Waals surface area contributed by atoms with Crippen molar-refractivity contribution in [3.05, 3.63) is 48.0 Å². The van der Waals surface area contributed by atoms with Gasteiger partial charge in [0.2, 0.25) is 27.7 Å². The number of ether oxygens (including phenoxy) is 1. The predicted molar refractivity (Wildman–Crippen MR) is 130 cm³/mol. The van der Waals surface area contributed by atoms with Crippen LogP contribution in [0.15, 0.2) is 47.4 Å². The Balaban J connectivity index is 1.58. The summed E-state index contributed by atoms with van der Waals surface area (Å²) in [4.78, 5) is 37.5. The highest BCUT2D eigenvalue weighted by Crippen LogP contribution is 2.33. The van der Waals surface area contributed by atoms with Crippen molar-refractivity contribution in [3.63, 3.8) is 0 Å². The van der Waals surface area contributed by atoms with Crippen LogP contribution in [0.1, 0.15) is 44.1 Å². The Morgan fingerprint density at radius 2 is 1.71 bits per heavy atom. The van der Waals surface area contributed by atoms with E-state index in [9.17, 15) is 22.8 Å². The van der Waals surface area contributed by atoms with Crippen LogP contribution in [0.3, 0.4) is 0 Å². The molecule has 186 valence electrons. The van der Waals surface area contributed by atoms with Gasteiger partial charge in [-0.15, -0.1) is 0 Å². The monoisotopic (exact) mass is 499 g/mol. The maximum Gasteiger partial charge on any atom is 0.243 e. The molecule has 2 fully saturated rings. The first-order chi connectivity index (χ1) is 16.7. The van der Waals surface area contributed by atoms with E-state index < -0.39 is 15.9 Å². The quantitative estimate of drug-likeness (QED) is 0.557. The number of carbonyl (C=O) groups is 3. The summed E-state index contributed by atoms with van der Waals surface area (Å²) in [5, 5.41) is 2.72. The lowest BCUT2D eigenvalue weighted by molar-refractivity contribution is -0.138. The highest BCUT2D eigenvalue weighted by Gasteiger charge is 2.30. The smallest absolute Gasteiger partial charge is 0.243 e. The molecule has 3 amide bonds. The SMILES string of the molecule is Cc1cccc(Oc2ccc(S(=O)(=O)N3CCCCC3)cc2NC(=O)CCN2C(=O)CCC2=O)c1. The van der Waals surface area contributed by atoms with Crippen molar-refractivity contribution in [1.82, 2.24) is 9.21 Å². The van der Waals surface area contributed by atoms with E-state index in [2.05, 4.69) is 5.32 Å². The molecule has 2 saturated heterocycles. The number of amides is 3. The molecule has 0 bridgehead atoms. The first kappa shape index (κ1) is 24.9. The molecule has 0 aliphatic carbocycles. The highest BCUT2D eigenvalue weighted by atomic mass is 32.2. The largest absolute Gasteiger partial charge is 0.455 e. The molecular formula is C25H29N3O6S. The van der Waals surface area contributed by atoms with Crippen molar-refractivity contribution in [1.29, 1.82) is 0 Å². The van der Waals surface area contributed by atoms with Gasteiger partial charge in [0.1, 0.15) is 5.75 Å². The van der Waals surface area contributed by atoms with Gasteiger partial charge < -0.3 is 10.1 Å². The van der Waals surface area contributed by atoms with Crippen LogP contribution in [0, 0.1) is 6.92 Å². The standard InChI is InChI=1S/C25H29N3O6S/c1-18-6-5-7-19(16-18)34-22-9-8-20(35(32,33)27-13-3-2-4-14-27)17-21(22)26-23(29)12-15-28-24(30)10-11-25(28)31/h5-9,16-17H,2-4,10-15H2,1H3,(H,26,29). The normalized spacial score (nSPS) is 17.0. The molecule has 10 heteroatoms. The maximum absolute atomic E-state index is 13.2.